The second kappa shape index (κ2) is 7.88. The Morgan fingerprint density at radius 3 is 2.43 bits per heavy atom. The second-order valence-electron chi connectivity index (χ2n) is 7.30. The lowest BCUT2D eigenvalue weighted by atomic mass is 10.0. The standard InChI is InChI=1S/C23H22ClN5O/c1-5-19-20(16-7-9-17(24)10-8-16)22-27-26-21(15(4)29(22)28-19)23(30)25-18-11-6-13(2)14(3)12-18/h6-12H,5H2,1-4H3,(H,25,30). The molecule has 0 atom stereocenters. The normalized spacial score (nSPS) is 11.1. The van der Waals surface area contributed by atoms with Gasteiger partial charge < -0.3 is 5.32 Å². The fourth-order valence-electron chi connectivity index (χ4n) is 3.43. The molecule has 0 saturated heterocycles. The van der Waals surface area contributed by atoms with Gasteiger partial charge in [-0.3, -0.25) is 4.79 Å². The van der Waals surface area contributed by atoms with E-state index in [2.05, 4.69) is 15.5 Å². The average molecular weight is 420 g/mol. The van der Waals surface area contributed by atoms with Gasteiger partial charge in [0, 0.05) is 10.7 Å². The maximum Gasteiger partial charge on any atom is 0.278 e. The molecule has 0 bridgehead atoms. The number of rotatable bonds is 4. The van der Waals surface area contributed by atoms with E-state index in [-0.39, 0.29) is 11.6 Å². The van der Waals surface area contributed by atoms with Crippen LogP contribution in [0.15, 0.2) is 42.5 Å². The molecular weight excluding hydrogens is 398 g/mol. The molecule has 2 heterocycles. The summed E-state index contributed by atoms with van der Waals surface area (Å²) < 4.78 is 1.70. The predicted molar refractivity (Wildman–Crippen MR) is 119 cm³/mol. The zero-order chi connectivity index (χ0) is 21.4. The topological polar surface area (TPSA) is 72.2 Å². The number of aromatic nitrogens is 4. The molecule has 30 heavy (non-hydrogen) atoms. The molecule has 0 saturated carbocycles. The first-order chi connectivity index (χ1) is 14.4. The van der Waals surface area contributed by atoms with Crippen molar-refractivity contribution in [2.24, 2.45) is 0 Å². The van der Waals surface area contributed by atoms with Gasteiger partial charge in [-0.25, -0.2) is 4.52 Å². The third kappa shape index (κ3) is 3.55. The molecule has 2 aromatic heterocycles. The Labute approximate surface area is 179 Å². The number of hydrogen-bond donors (Lipinski definition) is 1. The molecule has 0 spiro atoms. The van der Waals surface area contributed by atoms with Gasteiger partial charge in [0.2, 0.25) is 0 Å². The molecule has 152 valence electrons. The van der Waals surface area contributed by atoms with Gasteiger partial charge in [0.1, 0.15) is 0 Å². The number of benzene rings is 2. The molecule has 6 nitrogen and oxygen atoms in total. The average Bonchev–Trinajstić information content (AvgIpc) is 3.11. The number of fused-ring (bicyclic) bond motifs is 1. The Bertz CT molecular complexity index is 1260. The van der Waals surface area contributed by atoms with E-state index in [1.54, 1.807) is 4.52 Å². The number of anilines is 1. The van der Waals surface area contributed by atoms with Crippen LogP contribution in [-0.2, 0) is 6.42 Å². The Balaban J connectivity index is 1.76. The fraction of sp³-hybridized carbons (Fsp3) is 0.217. The maximum atomic E-state index is 12.9. The largest absolute Gasteiger partial charge is 0.321 e. The predicted octanol–water partition coefficient (Wildman–Crippen LogP) is 5.18. The quantitative estimate of drug-likeness (QED) is 0.494. The molecule has 0 radical (unpaired) electrons. The number of nitrogens with one attached hydrogen (secondary N) is 1. The van der Waals surface area contributed by atoms with Gasteiger partial charge >= 0.3 is 0 Å². The van der Waals surface area contributed by atoms with Crippen molar-refractivity contribution in [3.8, 4) is 11.1 Å². The van der Waals surface area contributed by atoms with Crippen LogP contribution in [0.3, 0.4) is 0 Å². The highest BCUT2D eigenvalue weighted by Gasteiger charge is 2.21. The molecule has 0 aliphatic heterocycles. The van der Waals surface area contributed by atoms with Gasteiger partial charge in [-0.2, -0.15) is 5.10 Å². The summed E-state index contributed by atoms with van der Waals surface area (Å²) >= 11 is 6.04. The molecule has 0 aliphatic carbocycles. The van der Waals surface area contributed by atoms with Crippen molar-refractivity contribution in [3.05, 3.63) is 75.7 Å². The highest BCUT2D eigenvalue weighted by molar-refractivity contribution is 6.30. The molecule has 2 aromatic carbocycles. The summed E-state index contributed by atoms with van der Waals surface area (Å²) in [6.07, 6.45) is 0.727. The molecule has 1 N–H and O–H groups in total. The van der Waals surface area contributed by atoms with Gasteiger partial charge in [0.15, 0.2) is 11.3 Å². The molecule has 7 heteroatoms. The molecule has 0 fully saturated rings. The first-order valence-corrected chi connectivity index (χ1v) is 10.2. The van der Waals surface area contributed by atoms with E-state index in [0.717, 1.165) is 34.5 Å². The van der Waals surface area contributed by atoms with Gasteiger partial charge in [-0.05, 0) is 68.1 Å². The minimum absolute atomic E-state index is 0.244. The van der Waals surface area contributed by atoms with Crippen molar-refractivity contribution in [2.75, 3.05) is 5.32 Å². The maximum absolute atomic E-state index is 12.9. The number of aryl methyl sites for hydroxylation is 4. The third-order valence-electron chi connectivity index (χ3n) is 5.29. The summed E-state index contributed by atoms with van der Waals surface area (Å²) in [4.78, 5) is 12.9. The Kier molecular flexibility index (Phi) is 5.26. The summed E-state index contributed by atoms with van der Waals surface area (Å²) in [5.41, 5.74) is 7.27. The van der Waals surface area contributed by atoms with Crippen LogP contribution in [0, 0.1) is 20.8 Å². The number of amides is 1. The van der Waals surface area contributed by atoms with Crippen LogP contribution in [0.1, 0.15) is 39.9 Å². The third-order valence-corrected chi connectivity index (χ3v) is 5.54. The van der Waals surface area contributed by atoms with E-state index in [4.69, 9.17) is 16.7 Å². The van der Waals surface area contributed by atoms with Crippen LogP contribution in [0.25, 0.3) is 16.8 Å². The first-order valence-electron chi connectivity index (χ1n) is 9.78. The van der Waals surface area contributed by atoms with Crippen LogP contribution < -0.4 is 5.32 Å². The number of carbonyl (C=O) groups is 1. The van der Waals surface area contributed by atoms with E-state index in [1.807, 2.05) is 70.2 Å². The summed E-state index contributed by atoms with van der Waals surface area (Å²) in [6.45, 7) is 7.91. The highest BCUT2D eigenvalue weighted by Crippen LogP contribution is 2.29. The lowest BCUT2D eigenvalue weighted by Gasteiger charge is -2.09. The molecule has 0 aliphatic rings. The second-order valence-corrected chi connectivity index (χ2v) is 7.74. The molecule has 4 rings (SSSR count). The zero-order valence-electron chi connectivity index (χ0n) is 17.3. The van der Waals surface area contributed by atoms with Crippen molar-refractivity contribution in [2.45, 2.75) is 34.1 Å². The molecular formula is C23H22ClN5O. The van der Waals surface area contributed by atoms with Crippen LogP contribution in [0.4, 0.5) is 5.69 Å². The number of carbonyl (C=O) groups excluding carboxylic acids is 1. The monoisotopic (exact) mass is 419 g/mol. The summed E-state index contributed by atoms with van der Waals surface area (Å²) in [5, 5.41) is 16.9. The lowest BCUT2D eigenvalue weighted by molar-refractivity contribution is 0.102. The van der Waals surface area contributed by atoms with Gasteiger partial charge in [-0.15, -0.1) is 10.2 Å². The van der Waals surface area contributed by atoms with E-state index < -0.39 is 0 Å². The molecule has 4 aromatic rings. The summed E-state index contributed by atoms with van der Waals surface area (Å²) in [6, 6.07) is 13.4. The van der Waals surface area contributed by atoms with Gasteiger partial charge in [0.05, 0.1) is 17.0 Å². The Hall–Kier alpha value is -3.25. The Morgan fingerprint density at radius 1 is 1.03 bits per heavy atom. The van der Waals surface area contributed by atoms with Crippen molar-refractivity contribution >= 4 is 28.8 Å². The van der Waals surface area contributed by atoms with Crippen molar-refractivity contribution in [1.82, 2.24) is 19.8 Å². The number of nitrogens with zero attached hydrogens (tertiary/aromatic N) is 4. The molecule has 1 amide bonds. The van der Waals surface area contributed by atoms with Crippen molar-refractivity contribution in [3.63, 3.8) is 0 Å². The minimum atomic E-state index is -0.313. The van der Waals surface area contributed by atoms with Crippen LogP contribution in [0.5, 0.6) is 0 Å². The lowest BCUT2D eigenvalue weighted by Crippen LogP contribution is -2.18. The smallest absolute Gasteiger partial charge is 0.278 e. The van der Waals surface area contributed by atoms with Crippen molar-refractivity contribution in [1.29, 1.82) is 0 Å². The highest BCUT2D eigenvalue weighted by atomic mass is 35.5. The first kappa shape index (κ1) is 20.0. The van der Waals surface area contributed by atoms with E-state index >= 15 is 0 Å². The number of hydrogen-bond acceptors (Lipinski definition) is 4. The fourth-order valence-corrected chi connectivity index (χ4v) is 3.55. The zero-order valence-corrected chi connectivity index (χ0v) is 18.1. The summed E-state index contributed by atoms with van der Waals surface area (Å²) in [7, 11) is 0. The van der Waals surface area contributed by atoms with Gasteiger partial charge in [-0.1, -0.05) is 36.7 Å². The summed E-state index contributed by atoms with van der Waals surface area (Å²) in [5.74, 6) is -0.313. The number of halogens is 1. The van der Waals surface area contributed by atoms with E-state index in [9.17, 15) is 4.79 Å². The SMILES string of the molecule is CCc1nn2c(C)c(C(=O)Nc3ccc(C)c(C)c3)nnc2c1-c1ccc(Cl)cc1. The minimum Gasteiger partial charge on any atom is -0.321 e. The molecule has 0 unspecified atom stereocenters. The Morgan fingerprint density at radius 2 is 1.77 bits per heavy atom. The van der Waals surface area contributed by atoms with E-state index in [1.165, 1.54) is 5.56 Å². The van der Waals surface area contributed by atoms with E-state index in [0.29, 0.717) is 16.4 Å². The van der Waals surface area contributed by atoms with Crippen LogP contribution >= 0.6 is 11.6 Å². The van der Waals surface area contributed by atoms with Gasteiger partial charge in [0.25, 0.3) is 5.91 Å². The van der Waals surface area contributed by atoms with Crippen molar-refractivity contribution < 1.29 is 4.79 Å². The van der Waals surface area contributed by atoms with Crippen LogP contribution in [-0.4, -0.2) is 25.7 Å². The van der Waals surface area contributed by atoms with Crippen LogP contribution in [0.2, 0.25) is 5.02 Å².